The van der Waals surface area contributed by atoms with Crippen LogP contribution in [0, 0.1) is 0 Å². The smallest absolute Gasteiger partial charge is 0.460 e. The Morgan fingerprint density at radius 3 is 1.53 bits per heavy atom. The Hall–Kier alpha value is -1.95. The van der Waals surface area contributed by atoms with E-state index in [-0.39, 0.29) is 7.05 Å². The molecule has 32 heavy (non-hydrogen) atoms. The van der Waals surface area contributed by atoms with Crippen LogP contribution in [0.1, 0.15) is 6.92 Å². The molecule has 0 atom stereocenters. The molecule has 0 heterocycles. The van der Waals surface area contributed by atoms with Crippen LogP contribution in [0.2, 0.25) is 0 Å². The molecule has 0 fully saturated rings. The fourth-order valence-corrected chi connectivity index (χ4v) is 2.97. The van der Waals surface area contributed by atoms with Crippen molar-refractivity contribution in [3.63, 3.8) is 0 Å². The van der Waals surface area contributed by atoms with Gasteiger partial charge in [-0.1, -0.05) is 6.58 Å². The maximum absolute atomic E-state index is 13.7. The number of rotatable bonds is 10. The van der Waals surface area contributed by atoms with Gasteiger partial charge in [0.15, 0.2) is 0 Å². The molecule has 0 spiro atoms. The molecule has 0 amide bonds. The maximum Gasteiger partial charge on any atom is 0.460 e. The molecule has 0 saturated heterocycles. The largest absolute Gasteiger partial charge is 0.461 e. The average molecular weight is 525 g/mol. The van der Waals surface area contributed by atoms with Crippen molar-refractivity contribution in [2.45, 2.75) is 42.7 Å². The van der Waals surface area contributed by atoms with E-state index >= 15 is 0 Å². The predicted molar refractivity (Wildman–Crippen MR) is 78.1 cm³/mol. The molecule has 0 unspecified atom stereocenters. The summed E-state index contributed by atoms with van der Waals surface area (Å²) in [5, 5.41) is 0. The molecule has 0 rings (SSSR count). The van der Waals surface area contributed by atoms with Gasteiger partial charge in [0.1, 0.15) is 11.4 Å². The Balaban J connectivity index is 6.31. The van der Waals surface area contributed by atoms with Gasteiger partial charge >= 0.3 is 41.8 Å². The van der Waals surface area contributed by atoms with Gasteiger partial charge < -0.3 is 4.74 Å². The first-order valence-corrected chi connectivity index (χ1v) is 9.15. The van der Waals surface area contributed by atoms with E-state index in [9.17, 15) is 70.3 Å². The van der Waals surface area contributed by atoms with Crippen molar-refractivity contribution < 1.29 is 75.0 Å². The van der Waals surface area contributed by atoms with Crippen LogP contribution in [0.15, 0.2) is 12.3 Å². The van der Waals surface area contributed by atoms with Crippen molar-refractivity contribution in [1.29, 1.82) is 0 Å². The Labute approximate surface area is 170 Å². The zero-order valence-electron chi connectivity index (χ0n) is 15.5. The van der Waals surface area contributed by atoms with Crippen LogP contribution >= 0.6 is 0 Å². The minimum atomic E-state index is -8.16. The van der Waals surface area contributed by atoms with Crippen LogP contribution in [0.3, 0.4) is 0 Å². The van der Waals surface area contributed by atoms with Crippen LogP contribution in [0.5, 0.6) is 0 Å². The standard InChI is InChI=1S/C13H12F13NO4S/c1-4-31-7(28)6(2)27(3)32(29,30)5-8(14,15)9(16,17)10(18,19)11(20,21)12(22,23)13(24,25)26/h2,4-5H2,1,3H3. The van der Waals surface area contributed by atoms with Gasteiger partial charge in [0.05, 0.1) is 6.61 Å². The molecule has 0 bridgehead atoms. The summed E-state index contributed by atoms with van der Waals surface area (Å²) in [7, 11) is -5.83. The molecule has 0 saturated carbocycles. The van der Waals surface area contributed by atoms with Crippen molar-refractivity contribution in [3.05, 3.63) is 12.3 Å². The van der Waals surface area contributed by atoms with E-state index in [0.29, 0.717) is 0 Å². The predicted octanol–water partition coefficient (Wildman–Crippen LogP) is 4.06. The van der Waals surface area contributed by atoms with E-state index in [1.165, 1.54) is 0 Å². The minimum absolute atomic E-state index is 0.188. The van der Waals surface area contributed by atoms with Crippen LogP contribution in [0.25, 0.3) is 0 Å². The third kappa shape index (κ3) is 4.70. The van der Waals surface area contributed by atoms with Crippen molar-refractivity contribution in [2.75, 3.05) is 19.4 Å². The van der Waals surface area contributed by atoms with E-state index in [2.05, 4.69) is 11.3 Å². The highest BCUT2D eigenvalue weighted by molar-refractivity contribution is 7.89. The van der Waals surface area contributed by atoms with E-state index in [4.69, 9.17) is 0 Å². The molecule has 0 radical (unpaired) electrons. The lowest BCUT2D eigenvalue weighted by Gasteiger charge is -2.39. The number of hydrogen-bond donors (Lipinski definition) is 0. The summed E-state index contributed by atoms with van der Waals surface area (Å²) in [6, 6.07) is 0. The quantitative estimate of drug-likeness (QED) is 0.245. The third-order valence-corrected chi connectivity index (χ3v) is 5.45. The van der Waals surface area contributed by atoms with Gasteiger partial charge in [0.2, 0.25) is 10.0 Å². The highest BCUT2D eigenvalue weighted by atomic mass is 32.2. The Morgan fingerprint density at radius 2 is 1.19 bits per heavy atom. The normalized spacial score (nSPS) is 14.8. The van der Waals surface area contributed by atoms with Gasteiger partial charge in [-0.15, -0.1) is 0 Å². The first-order valence-electron chi connectivity index (χ1n) is 7.54. The average Bonchev–Trinajstić information content (AvgIpc) is 2.57. The summed E-state index contributed by atoms with van der Waals surface area (Å²) in [6.45, 7) is 3.44. The van der Waals surface area contributed by atoms with Crippen LogP contribution < -0.4 is 0 Å². The second-order valence-corrected chi connectivity index (χ2v) is 7.89. The SMILES string of the molecule is C=C(C(=O)OCC)N(C)S(=O)(=O)CC(F)(F)C(F)(F)C(F)(F)C(F)(F)C(F)(F)C(F)(F)F. The zero-order chi connectivity index (χ0) is 26.4. The topological polar surface area (TPSA) is 63.7 Å². The Morgan fingerprint density at radius 1 is 0.812 bits per heavy atom. The van der Waals surface area contributed by atoms with Gasteiger partial charge in [-0.25, -0.2) is 13.2 Å². The number of hydrogen-bond acceptors (Lipinski definition) is 4. The summed E-state index contributed by atoms with van der Waals surface area (Å²) in [4.78, 5) is 11.3. The lowest BCUT2D eigenvalue weighted by atomic mass is 9.94. The molecule has 0 aliphatic rings. The number of nitrogens with zero attached hydrogens (tertiary/aromatic N) is 1. The first-order chi connectivity index (χ1) is 13.8. The monoisotopic (exact) mass is 525 g/mol. The molecule has 0 aromatic carbocycles. The minimum Gasteiger partial charge on any atom is -0.461 e. The summed E-state index contributed by atoms with van der Waals surface area (Å²) < 4.78 is 196. The summed E-state index contributed by atoms with van der Waals surface area (Å²) in [5.41, 5.74) is -1.35. The number of likely N-dealkylation sites (N-methyl/N-ethyl adjacent to an activating group) is 1. The number of alkyl halides is 13. The maximum atomic E-state index is 13.7. The Kier molecular flexibility index (Phi) is 7.92. The molecule has 0 aromatic heterocycles. The van der Waals surface area contributed by atoms with Crippen molar-refractivity contribution in [3.8, 4) is 0 Å². The molecule has 0 N–H and O–H groups in total. The second kappa shape index (κ2) is 8.44. The highest BCUT2D eigenvalue weighted by Crippen LogP contribution is 2.60. The fraction of sp³-hybridized carbons (Fsp3) is 0.769. The molecule has 0 aliphatic carbocycles. The van der Waals surface area contributed by atoms with E-state index in [0.717, 1.165) is 6.92 Å². The first kappa shape index (κ1) is 30.0. The second-order valence-electron chi connectivity index (χ2n) is 5.89. The number of carbonyl (C=O) groups is 1. The third-order valence-electron chi connectivity index (χ3n) is 3.67. The molecule has 0 aromatic rings. The molecule has 190 valence electrons. The summed E-state index contributed by atoms with van der Waals surface area (Å²) in [6.07, 6.45) is -7.59. The van der Waals surface area contributed by atoms with E-state index in [1.807, 2.05) is 0 Å². The van der Waals surface area contributed by atoms with Crippen LogP contribution in [-0.4, -0.2) is 73.9 Å². The fourth-order valence-electron chi connectivity index (χ4n) is 1.73. The Bertz CT molecular complexity index is 835. The molecule has 0 aliphatic heterocycles. The number of esters is 1. The van der Waals surface area contributed by atoms with Crippen molar-refractivity contribution in [2.24, 2.45) is 0 Å². The highest BCUT2D eigenvalue weighted by Gasteiger charge is 2.90. The summed E-state index contributed by atoms with van der Waals surface area (Å²) >= 11 is 0. The van der Waals surface area contributed by atoms with Gasteiger partial charge in [-0.05, 0) is 6.92 Å². The number of ether oxygens (including phenoxy) is 1. The van der Waals surface area contributed by atoms with Crippen molar-refractivity contribution in [1.82, 2.24) is 4.31 Å². The van der Waals surface area contributed by atoms with Crippen molar-refractivity contribution >= 4 is 16.0 Å². The molecule has 5 nitrogen and oxygen atoms in total. The van der Waals surface area contributed by atoms with Gasteiger partial charge in [-0.3, -0.25) is 4.31 Å². The van der Waals surface area contributed by atoms with Crippen LogP contribution in [0.4, 0.5) is 57.1 Å². The summed E-state index contributed by atoms with van der Waals surface area (Å²) in [5.74, 6) is -44.1. The van der Waals surface area contributed by atoms with Gasteiger partial charge in [-0.2, -0.15) is 57.1 Å². The molecule has 19 heteroatoms. The van der Waals surface area contributed by atoms with E-state index in [1.54, 1.807) is 0 Å². The number of halogens is 13. The van der Waals surface area contributed by atoms with Gasteiger partial charge in [0.25, 0.3) is 0 Å². The number of sulfonamides is 1. The van der Waals surface area contributed by atoms with Gasteiger partial charge in [0, 0.05) is 7.05 Å². The molecular formula is C13H12F13NO4S. The molecular weight excluding hydrogens is 513 g/mol. The zero-order valence-corrected chi connectivity index (χ0v) is 16.3. The van der Waals surface area contributed by atoms with E-state index < -0.39 is 74.1 Å². The lowest BCUT2D eigenvalue weighted by molar-refractivity contribution is -0.438. The number of carbonyl (C=O) groups excluding carboxylic acids is 1. The lowest BCUT2D eigenvalue weighted by Crippen LogP contribution is -2.71. The van der Waals surface area contributed by atoms with Crippen LogP contribution in [-0.2, 0) is 19.6 Å².